The zero-order valence-corrected chi connectivity index (χ0v) is 10.7. The SMILES string of the molecule is N#Cc1c(F)cccc1Oc1nc2ccccc2nc1N. The van der Waals surface area contributed by atoms with E-state index < -0.39 is 5.82 Å². The molecule has 5 nitrogen and oxygen atoms in total. The Balaban J connectivity index is 2.08. The zero-order valence-electron chi connectivity index (χ0n) is 10.7. The van der Waals surface area contributed by atoms with Crippen LogP contribution in [0.1, 0.15) is 5.56 Å². The Morgan fingerprint density at radius 1 is 1.05 bits per heavy atom. The number of fused-ring (bicyclic) bond motifs is 1. The van der Waals surface area contributed by atoms with Gasteiger partial charge in [-0.3, -0.25) is 0 Å². The first-order valence-electron chi connectivity index (χ1n) is 6.08. The fourth-order valence-corrected chi connectivity index (χ4v) is 1.87. The van der Waals surface area contributed by atoms with Crippen LogP contribution in [0.25, 0.3) is 11.0 Å². The summed E-state index contributed by atoms with van der Waals surface area (Å²) < 4.78 is 19.0. The van der Waals surface area contributed by atoms with Crippen LogP contribution in [0.4, 0.5) is 10.2 Å². The van der Waals surface area contributed by atoms with Crippen molar-refractivity contribution in [3.63, 3.8) is 0 Å². The number of nitrogen functional groups attached to an aromatic ring is 1. The summed E-state index contributed by atoms with van der Waals surface area (Å²) in [4.78, 5) is 8.40. The van der Waals surface area contributed by atoms with Crippen molar-refractivity contribution in [2.24, 2.45) is 0 Å². The molecular formula is C15H9FN4O. The van der Waals surface area contributed by atoms with E-state index in [4.69, 9.17) is 15.7 Å². The molecule has 2 aromatic carbocycles. The van der Waals surface area contributed by atoms with E-state index in [1.54, 1.807) is 24.3 Å². The number of ether oxygens (including phenoxy) is 1. The highest BCUT2D eigenvalue weighted by atomic mass is 19.1. The maximum atomic E-state index is 13.5. The van der Waals surface area contributed by atoms with Crippen molar-refractivity contribution in [3.05, 3.63) is 53.8 Å². The lowest BCUT2D eigenvalue weighted by atomic mass is 10.2. The molecule has 0 aliphatic rings. The Kier molecular flexibility index (Phi) is 3.09. The van der Waals surface area contributed by atoms with E-state index in [1.165, 1.54) is 18.2 Å². The molecule has 0 spiro atoms. The van der Waals surface area contributed by atoms with Crippen molar-refractivity contribution in [3.8, 4) is 17.7 Å². The molecule has 102 valence electrons. The zero-order chi connectivity index (χ0) is 14.8. The molecule has 0 radical (unpaired) electrons. The fourth-order valence-electron chi connectivity index (χ4n) is 1.87. The van der Waals surface area contributed by atoms with Crippen molar-refractivity contribution < 1.29 is 9.13 Å². The van der Waals surface area contributed by atoms with Crippen molar-refractivity contribution >= 4 is 16.9 Å². The van der Waals surface area contributed by atoms with E-state index in [9.17, 15) is 4.39 Å². The van der Waals surface area contributed by atoms with Gasteiger partial charge in [0, 0.05) is 0 Å². The summed E-state index contributed by atoms with van der Waals surface area (Å²) in [6.45, 7) is 0. The molecule has 3 aromatic rings. The van der Waals surface area contributed by atoms with E-state index >= 15 is 0 Å². The fraction of sp³-hybridized carbons (Fsp3) is 0. The van der Waals surface area contributed by atoms with Crippen LogP contribution in [-0.2, 0) is 0 Å². The summed E-state index contributed by atoms with van der Waals surface area (Å²) >= 11 is 0. The monoisotopic (exact) mass is 280 g/mol. The van der Waals surface area contributed by atoms with Gasteiger partial charge in [0.25, 0.3) is 5.88 Å². The highest BCUT2D eigenvalue weighted by molar-refractivity contribution is 5.76. The molecule has 3 rings (SSSR count). The summed E-state index contributed by atoms with van der Waals surface area (Å²) in [6.07, 6.45) is 0. The molecule has 21 heavy (non-hydrogen) atoms. The average Bonchev–Trinajstić information content (AvgIpc) is 2.48. The smallest absolute Gasteiger partial charge is 0.263 e. The summed E-state index contributed by atoms with van der Waals surface area (Å²) in [5.74, 6) is -0.506. The Labute approximate surface area is 119 Å². The van der Waals surface area contributed by atoms with Crippen LogP contribution < -0.4 is 10.5 Å². The van der Waals surface area contributed by atoms with Crippen LogP contribution in [0.5, 0.6) is 11.6 Å². The van der Waals surface area contributed by atoms with E-state index in [1.807, 2.05) is 6.07 Å². The number of benzene rings is 2. The molecule has 0 unspecified atom stereocenters. The minimum Gasteiger partial charge on any atom is -0.434 e. The van der Waals surface area contributed by atoms with Gasteiger partial charge in [0.1, 0.15) is 23.2 Å². The van der Waals surface area contributed by atoms with E-state index in [-0.39, 0.29) is 23.0 Å². The summed E-state index contributed by atoms with van der Waals surface area (Å²) in [5.41, 5.74) is 6.81. The van der Waals surface area contributed by atoms with Crippen LogP contribution in [-0.4, -0.2) is 9.97 Å². The number of halogens is 1. The second-order valence-electron chi connectivity index (χ2n) is 4.23. The first-order valence-corrected chi connectivity index (χ1v) is 6.08. The highest BCUT2D eigenvalue weighted by Crippen LogP contribution is 2.29. The first kappa shape index (κ1) is 12.8. The predicted octanol–water partition coefficient (Wildman–Crippen LogP) is 3.02. The van der Waals surface area contributed by atoms with Gasteiger partial charge < -0.3 is 10.5 Å². The van der Waals surface area contributed by atoms with E-state index in [0.29, 0.717) is 11.0 Å². The van der Waals surface area contributed by atoms with Crippen LogP contribution in [0.2, 0.25) is 0 Å². The lowest BCUT2D eigenvalue weighted by Gasteiger charge is -2.09. The molecule has 0 atom stereocenters. The molecule has 0 aliphatic heterocycles. The van der Waals surface area contributed by atoms with Gasteiger partial charge in [0.05, 0.1) is 11.0 Å². The number of hydrogen-bond acceptors (Lipinski definition) is 5. The Bertz CT molecular complexity index is 873. The number of rotatable bonds is 2. The summed E-state index contributed by atoms with van der Waals surface area (Å²) in [7, 11) is 0. The Hall–Kier alpha value is -3.20. The first-order chi connectivity index (χ1) is 10.2. The van der Waals surface area contributed by atoms with Gasteiger partial charge in [0.2, 0.25) is 0 Å². The van der Waals surface area contributed by atoms with Crippen LogP contribution in [0.3, 0.4) is 0 Å². The van der Waals surface area contributed by atoms with Crippen molar-refractivity contribution in [2.75, 3.05) is 5.73 Å². The molecule has 0 aliphatic carbocycles. The van der Waals surface area contributed by atoms with Gasteiger partial charge in [0.15, 0.2) is 5.82 Å². The van der Waals surface area contributed by atoms with Crippen molar-refractivity contribution in [1.29, 1.82) is 5.26 Å². The molecule has 0 bridgehead atoms. The number of nitrogens with zero attached hydrogens (tertiary/aromatic N) is 3. The second kappa shape index (κ2) is 5.06. The van der Waals surface area contributed by atoms with Crippen LogP contribution >= 0.6 is 0 Å². The molecule has 6 heteroatoms. The van der Waals surface area contributed by atoms with Gasteiger partial charge in [-0.2, -0.15) is 5.26 Å². The average molecular weight is 280 g/mol. The molecule has 0 saturated heterocycles. The number of aromatic nitrogens is 2. The third kappa shape index (κ3) is 2.32. The van der Waals surface area contributed by atoms with Gasteiger partial charge in [-0.1, -0.05) is 18.2 Å². The number of nitriles is 1. The molecule has 1 aromatic heterocycles. The number of para-hydroxylation sites is 2. The van der Waals surface area contributed by atoms with E-state index in [0.717, 1.165) is 0 Å². The maximum absolute atomic E-state index is 13.5. The Morgan fingerprint density at radius 3 is 2.48 bits per heavy atom. The highest BCUT2D eigenvalue weighted by Gasteiger charge is 2.13. The number of anilines is 1. The summed E-state index contributed by atoms with van der Waals surface area (Å²) in [5, 5.41) is 8.98. The minimum absolute atomic E-state index is 0.0378. The number of nitrogens with two attached hydrogens (primary N) is 1. The summed E-state index contributed by atoms with van der Waals surface area (Å²) in [6, 6.07) is 13.0. The maximum Gasteiger partial charge on any atom is 0.263 e. The molecule has 0 fully saturated rings. The van der Waals surface area contributed by atoms with Gasteiger partial charge in [-0.15, -0.1) is 0 Å². The molecular weight excluding hydrogens is 271 g/mol. The molecule has 0 amide bonds. The van der Waals surface area contributed by atoms with Gasteiger partial charge in [-0.05, 0) is 24.3 Å². The minimum atomic E-state index is -0.665. The van der Waals surface area contributed by atoms with Crippen LogP contribution in [0, 0.1) is 17.1 Å². The van der Waals surface area contributed by atoms with Crippen LogP contribution in [0.15, 0.2) is 42.5 Å². The lowest BCUT2D eigenvalue weighted by molar-refractivity contribution is 0.458. The van der Waals surface area contributed by atoms with E-state index in [2.05, 4.69) is 9.97 Å². The topological polar surface area (TPSA) is 84.8 Å². The third-order valence-corrected chi connectivity index (χ3v) is 2.86. The lowest BCUT2D eigenvalue weighted by Crippen LogP contribution is -2.00. The quantitative estimate of drug-likeness (QED) is 0.779. The number of hydrogen-bond donors (Lipinski definition) is 1. The second-order valence-corrected chi connectivity index (χ2v) is 4.23. The largest absolute Gasteiger partial charge is 0.434 e. The van der Waals surface area contributed by atoms with Crippen molar-refractivity contribution in [2.45, 2.75) is 0 Å². The standard InChI is InChI=1S/C15H9FN4O/c16-10-4-3-7-13(9(10)8-17)21-15-14(18)19-11-5-1-2-6-12(11)20-15/h1-7H,(H2,18,19). The van der Waals surface area contributed by atoms with Gasteiger partial charge >= 0.3 is 0 Å². The van der Waals surface area contributed by atoms with Crippen molar-refractivity contribution in [1.82, 2.24) is 9.97 Å². The third-order valence-electron chi connectivity index (χ3n) is 2.86. The molecule has 2 N–H and O–H groups in total. The Morgan fingerprint density at radius 2 is 1.76 bits per heavy atom. The normalized spacial score (nSPS) is 10.3. The molecule has 1 heterocycles. The predicted molar refractivity (Wildman–Crippen MR) is 75.1 cm³/mol. The van der Waals surface area contributed by atoms with Gasteiger partial charge in [-0.25, -0.2) is 14.4 Å². The molecule has 0 saturated carbocycles.